The normalized spacial score (nSPS) is 21.2. The van der Waals surface area contributed by atoms with Gasteiger partial charge in [0.1, 0.15) is 6.54 Å². The van der Waals surface area contributed by atoms with Crippen LogP contribution < -0.4 is 5.73 Å². The Kier molecular flexibility index (Phi) is 2.11. The summed E-state index contributed by atoms with van der Waals surface area (Å²) in [7, 11) is 0. The maximum Gasteiger partial charge on any atom is 0.386 e. The van der Waals surface area contributed by atoms with Crippen LogP contribution in [-0.4, -0.2) is 29.6 Å². The summed E-state index contributed by atoms with van der Waals surface area (Å²) in [6, 6.07) is 0. The molecule has 0 amide bonds. The number of nitrogens with two attached hydrogens (primary N) is 1. The number of hydrogen-bond acceptors (Lipinski definition) is 6. The summed E-state index contributed by atoms with van der Waals surface area (Å²) in [6.07, 6.45) is 1.69. The molecule has 0 saturated carbocycles. The molecular formula is C6H7NO5. The summed E-state index contributed by atoms with van der Waals surface area (Å²) < 4.78 is 8.56. The standard InChI is InChI=1S/C6H7NO5/c7-3-6(10)11-4(8)1-2-5(9)12-6/h1-2,10H,3,7H2. The third kappa shape index (κ3) is 1.80. The summed E-state index contributed by atoms with van der Waals surface area (Å²) in [5.74, 6) is -4.10. The second-order valence-corrected chi connectivity index (χ2v) is 2.09. The van der Waals surface area contributed by atoms with Crippen molar-refractivity contribution in [1.82, 2.24) is 0 Å². The third-order valence-electron chi connectivity index (χ3n) is 1.13. The van der Waals surface area contributed by atoms with Crippen LogP contribution in [-0.2, 0) is 19.1 Å². The fourth-order valence-corrected chi connectivity index (χ4v) is 0.623. The van der Waals surface area contributed by atoms with Crippen LogP contribution in [0.15, 0.2) is 12.2 Å². The van der Waals surface area contributed by atoms with Crippen LogP contribution in [0.25, 0.3) is 0 Å². The molecule has 0 saturated heterocycles. The Bertz CT molecular complexity index is 226. The molecule has 0 aromatic heterocycles. The Morgan fingerprint density at radius 3 is 2.08 bits per heavy atom. The molecule has 1 heterocycles. The average molecular weight is 173 g/mol. The van der Waals surface area contributed by atoms with Gasteiger partial charge in [-0.2, -0.15) is 0 Å². The van der Waals surface area contributed by atoms with Gasteiger partial charge in [0.05, 0.1) is 0 Å². The molecule has 0 fully saturated rings. The Morgan fingerprint density at radius 1 is 1.33 bits per heavy atom. The third-order valence-corrected chi connectivity index (χ3v) is 1.13. The number of cyclic esters (lactones) is 2. The van der Waals surface area contributed by atoms with Crippen molar-refractivity contribution < 1.29 is 24.2 Å². The van der Waals surface area contributed by atoms with Crippen LogP contribution >= 0.6 is 0 Å². The van der Waals surface area contributed by atoms with Gasteiger partial charge in [-0.25, -0.2) is 9.59 Å². The van der Waals surface area contributed by atoms with Crippen molar-refractivity contribution in [1.29, 1.82) is 0 Å². The molecule has 0 spiro atoms. The first-order valence-corrected chi connectivity index (χ1v) is 3.12. The molecule has 12 heavy (non-hydrogen) atoms. The summed E-state index contributed by atoms with van der Waals surface area (Å²) in [6.45, 7) is -0.508. The van der Waals surface area contributed by atoms with Gasteiger partial charge >= 0.3 is 17.9 Å². The van der Waals surface area contributed by atoms with E-state index < -0.39 is 24.5 Å². The molecule has 3 N–H and O–H groups in total. The zero-order chi connectivity index (χ0) is 9.19. The van der Waals surface area contributed by atoms with E-state index >= 15 is 0 Å². The molecule has 66 valence electrons. The lowest BCUT2D eigenvalue weighted by Crippen LogP contribution is -2.45. The van der Waals surface area contributed by atoms with Gasteiger partial charge in [-0.05, 0) is 0 Å². The molecule has 0 radical (unpaired) electrons. The van der Waals surface area contributed by atoms with Crippen LogP contribution in [0.2, 0.25) is 0 Å². The van der Waals surface area contributed by atoms with E-state index in [1.54, 1.807) is 0 Å². The van der Waals surface area contributed by atoms with E-state index in [-0.39, 0.29) is 0 Å². The Morgan fingerprint density at radius 2 is 1.75 bits per heavy atom. The SMILES string of the molecule is NCC1(O)OC(=O)C=CC(=O)O1. The minimum atomic E-state index is -2.34. The summed E-state index contributed by atoms with van der Waals surface area (Å²) >= 11 is 0. The summed E-state index contributed by atoms with van der Waals surface area (Å²) in [5.41, 5.74) is 5.00. The Balaban J connectivity index is 2.83. The topological polar surface area (TPSA) is 98.9 Å². The van der Waals surface area contributed by atoms with Crippen molar-refractivity contribution in [3.63, 3.8) is 0 Å². The minimum absolute atomic E-state index is 0.508. The first kappa shape index (κ1) is 8.69. The van der Waals surface area contributed by atoms with Crippen molar-refractivity contribution in [3.8, 4) is 0 Å². The fraction of sp³-hybridized carbons (Fsp3) is 0.333. The van der Waals surface area contributed by atoms with E-state index in [1.165, 1.54) is 0 Å². The van der Waals surface area contributed by atoms with E-state index in [0.717, 1.165) is 12.2 Å². The smallest absolute Gasteiger partial charge is 0.386 e. The van der Waals surface area contributed by atoms with Gasteiger partial charge in [-0.15, -0.1) is 0 Å². The number of rotatable bonds is 1. The highest BCUT2D eigenvalue weighted by Crippen LogP contribution is 2.11. The highest BCUT2D eigenvalue weighted by atomic mass is 16.8. The molecule has 0 aromatic carbocycles. The van der Waals surface area contributed by atoms with Crippen LogP contribution in [0, 0.1) is 0 Å². The number of carbonyl (C=O) groups is 2. The predicted octanol–water partition coefficient (Wildman–Crippen LogP) is -1.75. The predicted molar refractivity (Wildman–Crippen MR) is 35.3 cm³/mol. The van der Waals surface area contributed by atoms with Gasteiger partial charge in [0.2, 0.25) is 0 Å². The number of esters is 2. The van der Waals surface area contributed by atoms with Crippen molar-refractivity contribution in [2.45, 2.75) is 5.97 Å². The zero-order valence-corrected chi connectivity index (χ0v) is 6.02. The lowest BCUT2D eigenvalue weighted by molar-refractivity contribution is -0.312. The first-order chi connectivity index (χ1) is 5.56. The quantitative estimate of drug-likeness (QED) is 0.456. The van der Waals surface area contributed by atoms with Gasteiger partial charge in [0.25, 0.3) is 0 Å². The lowest BCUT2D eigenvalue weighted by Gasteiger charge is -2.22. The molecule has 6 heteroatoms. The zero-order valence-electron chi connectivity index (χ0n) is 6.02. The van der Waals surface area contributed by atoms with Gasteiger partial charge < -0.3 is 20.3 Å². The highest BCUT2D eigenvalue weighted by molar-refractivity contribution is 5.93. The van der Waals surface area contributed by atoms with Crippen molar-refractivity contribution in [2.75, 3.05) is 6.54 Å². The van der Waals surface area contributed by atoms with E-state index in [1.807, 2.05) is 0 Å². The van der Waals surface area contributed by atoms with Gasteiger partial charge in [-0.1, -0.05) is 0 Å². The highest BCUT2D eigenvalue weighted by Gasteiger charge is 2.35. The Hall–Kier alpha value is -1.40. The van der Waals surface area contributed by atoms with Crippen molar-refractivity contribution >= 4 is 11.9 Å². The summed E-state index contributed by atoms with van der Waals surface area (Å²) in [4.78, 5) is 21.3. The van der Waals surface area contributed by atoms with Crippen LogP contribution in [0.5, 0.6) is 0 Å². The fourth-order valence-electron chi connectivity index (χ4n) is 0.623. The molecule has 0 aliphatic carbocycles. The van der Waals surface area contributed by atoms with E-state index in [0.29, 0.717) is 0 Å². The number of ether oxygens (including phenoxy) is 2. The van der Waals surface area contributed by atoms with E-state index in [4.69, 9.17) is 10.8 Å². The maximum absolute atomic E-state index is 10.6. The minimum Gasteiger partial charge on any atom is -0.394 e. The van der Waals surface area contributed by atoms with Crippen LogP contribution in [0.1, 0.15) is 0 Å². The molecule has 0 aromatic rings. The van der Waals surface area contributed by atoms with Crippen LogP contribution in [0.3, 0.4) is 0 Å². The lowest BCUT2D eigenvalue weighted by atomic mass is 10.5. The van der Waals surface area contributed by atoms with Crippen LogP contribution in [0.4, 0.5) is 0 Å². The van der Waals surface area contributed by atoms with Gasteiger partial charge in [-0.3, -0.25) is 0 Å². The molecule has 1 rings (SSSR count). The molecule has 0 unspecified atom stereocenters. The molecule has 6 nitrogen and oxygen atoms in total. The van der Waals surface area contributed by atoms with Gasteiger partial charge in [0.15, 0.2) is 0 Å². The van der Waals surface area contributed by atoms with Crippen molar-refractivity contribution in [3.05, 3.63) is 12.2 Å². The second kappa shape index (κ2) is 2.92. The number of hydrogen-bond donors (Lipinski definition) is 2. The van der Waals surface area contributed by atoms with E-state index in [2.05, 4.69) is 9.47 Å². The van der Waals surface area contributed by atoms with Crippen molar-refractivity contribution in [2.24, 2.45) is 5.73 Å². The monoisotopic (exact) mass is 173 g/mol. The number of carbonyl (C=O) groups excluding carboxylic acids is 2. The maximum atomic E-state index is 10.6. The average Bonchev–Trinajstić information content (AvgIpc) is 2.11. The molecular weight excluding hydrogens is 166 g/mol. The largest absolute Gasteiger partial charge is 0.394 e. The van der Waals surface area contributed by atoms with Gasteiger partial charge in [0, 0.05) is 12.2 Å². The second-order valence-electron chi connectivity index (χ2n) is 2.09. The summed E-state index contributed by atoms with van der Waals surface area (Å²) in [5, 5.41) is 9.15. The Labute approximate surface area is 67.6 Å². The van der Waals surface area contributed by atoms with E-state index in [9.17, 15) is 9.59 Å². The number of aliphatic hydroxyl groups is 1. The molecule has 1 aliphatic heterocycles. The first-order valence-electron chi connectivity index (χ1n) is 3.12. The molecule has 0 bridgehead atoms. The molecule has 0 atom stereocenters. The molecule has 1 aliphatic rings.